The summed E-state index contributed by atoms with van der Waals surface area (Å²) in [5.74, 6) is -1.14. The first-order valence-corrected chi connectivity index (χ1v) is 4.03. The average Bonchev–Trinajstić information content (AvgIpc) is 2.35. The highest BCUT2D eigenvalue weighted by Crippen LogP contribution is 2.32. The largest absolute Gasteiger partial charge is 0.393 e. The second-order valence-electron chi connectivity index (χ2n) is 3.12. The Morgan fingerprint density at radius 2 is 2.08 bits per heavy atom. The van der Waals surface area contributed by atoms with E-state index in [0.717, 1.165) is 0 Å². The van der Waals surface area contributed by atoms with Crippen LogP contribution in [0.3, 0.4) is 0 Å². The van der Waals surface area contributed by atoms with Crippen molar-refractivity contribution in [2.75, 3.05) is 26.2 Å². The van der Waals surface area contributed by atoms with E-state index in [9.17, 15) is 13.2 Å². The zero-order valence-electron chi connectivity index (χ0n) is 6.77. The first-order chi connectivity index (χ1) is 5.54. The summed E-state index contributed by atoms with van der Waals surface area (Å²) >= 11 is 0. The molecule has 1 saturated heterocycles. The molecule has 0 aliphatic carbocycles. The van der Waals surface area contributed by atoms with E-state index in [0.29, 0.717) is 19.6 Å². The van der Waals surface area contributed by atoms with E-state index in [1.807, 2.05) is 0 Å². The quantitative estimate of drug-likeness (QED) is 0.685. The number of alkyl halides is 3. The number of nitrogens with zero attached hydrogens (tertiary/aromatic N) is 1. The van der Waals surface area contributed by atoms with Crippen LogP contribution in [0.4, 0.5) is 13.2 Å². The molecule has 1 fully saturated rings. The Hall–Kier alpha value is -0.290. The summed E-state index contributed by atoms with van der Waals surface area (Å²) in [4.78, 5) is 1.76. The van der Waals surface area contributed by atoms with Crippen LogP contribution < -0.4 is 5.73 Å². The Bertz CT molecular complexity index is 146. The number of nitrogens with two attached hydrogens (primary N) is 1. The summed E-state index contributed by atoms with van der Waals surface area (Å²) in [6.45, 7) is 1.67. The standard InChI is InChI=1S/C7H13F3N2/c8-7(9,10)6-1-3-12(5-6)4-2-11/h6H,1-5,11H2/t6-/m0/s1. The van der Waals surface area contributed by atoms with Crippen molar-refractivity contribution in [3.63, 3.8) is 0 Å². The molecule has 0 unspecified atom stereocenters. The molecular formula is C7H13F3N2. The minimum atomic E-state index is -4.02. The molecule has 0 aromatic heterocycles. The Labute approximate surface area is 69.5 Å². The van der Waals surface area contributed by atoms with Crippen LogP contribution >= 0.6 is 0 Å². The van der Waals surface area contributed by atoms with Gasteiger partial charge in [-0.1, -0.05) is 0 Å². The molecule has 1 aliphatic rings. The molecule has 0 aromatic rings. The van der Waals surface area contributed by atoms with E-state index in [2.05, 4.69) is 0 Å². The van der Waals surface area contributed by atoms with Crippen molar-refractivity contribution in [1.29, 1.82) is 0 Å². The summed E-state index contributed by atoms with van der Waals surface area (Å²) in [6.07, 6.45) is -3.80. The fourth-order valence-corrected chi connectivity index (χ4v) is 1.49. The minimum Gasteiger partial charge on any atom is -0.329 e. The molecule has 0 amide bonds. The summed E-state index contributed by atoms with van der Waals surface area (Å²) in [7, 11) is 0. The first-order valence-electron chi connectivity index (χ1n) is 4.03. The fraction of sp³-hybridized carbons (Fsp3) is 1.00. The van der Waals surface area contributed by atoms with Gasteiger partial charge in [-0.05, 0) is 13.0 Å². The monoisotopic (exact) mass is 182 g/mol. The van der Waals surface area contributed by atoms with Gasteiger partial charge >= 0.3 is 6.18 Å². The van der Waals surface area contributed by atoms with E-state index in [1.54, 1.807) is 4.90 Å². The number of halogens is 3. The van der Waals surface area contributed by atoms with Gasteiger partial charge in [-0.25, -0.2) is 0 Å². The van der Waals surface area contributed by atoms with Crippen LogP contribution in [0.5, 0.6) is 0 Å². The molecule has 72 valence electrons. The molecule has 0 aromatic carbocycles. The predicted octanol–water partition coefficient (Wildman–Crippen LogP) is 0.829. The van der Waals surface area contributed by atoms with Crippen LogP contribution in [0.2, 0.25) is 0 Å². The summed E-state index contributed by atoms with van der Waals surface area (Å²) in [6, 6.07) is 0. The summed E-state index contributed by atoms with van der Waals surface area (Å²) in [5.41, 5.74) is 5.24. The Morgan fingerprint density at radius 1 is 1.42 bits per heavy atom. The Balaban J connectivity index is 2.35. The number of hydrogen-bond donors (Lipinski definition) is 1. The molecule has 2 N–H and O–H groups in total. The normalized spacial score (nSPS) is 26.5. The third-order valence-electron chi connectivity index (χ3n) is 2.18. The number of likely N-dealkylation sites (tertiary alicyclic amines) is 1. The lowest BCUT2D eigenvalue weighted by Crippen LogP contribution is -2.30. The van der Waals surface area contributed by atoms with Crippen molar-refractivity contribution in [3.8, 4) is 0 Å². The maximum absolute atomic E-state index is 12.1. The molecular weight excluding hydrogens is 169 g/mol. The lowest BCUT2D eigenvalue weighted by Gasteiger charge is -2.16. The highest BCUT2D eigenvalue weighted by atomic mass is 19.4. The minimum absolute atomic E-state index is 0.126. The lowest BCUT2D eigenvalue weighted by molar-refractivity contribution is -0.170. The van der Waals surface area contributed by atoms with Crippen LogP contribution in [0, 0.1) is 5.92 Å². The second-order valence-corrected chi connectivity index (χ2v) is 3.12. The molecule has 12 heavy (non-hydrogen) atoms. The van der Waals surface area contributed by atoms with Crippen LogP contribution in [0.15, 0.2) is 0 Å². The van der Waals surface area contributed by atoms with Gasteiger partial charge < -0.3 is 10.6 Å². The van der Waals surface area contributed by atoms with E-state index in [4.69, 9.17) is 5.73 Å². The molecule has 0 radical (unpaired) electrons. The SMILES string of the molecule is NCCN1CC[C@H](C(F)(F)F)C1. The molecule has 0 bridgehead atoms. The van der Waals surface area contributed by atoms with Gasteiger partial charge in [0.25, 0.3) is 0 Å². The van der Waals surface area contributed by atoms with Gasteiger partial charge in [0, 0.05) is 19.6 Å². The average molecular weight is 182 g/mol. The van der Waals surface area contributed by atoms with Crippen LogP contribution in [-0.2, 0) is 0 Å². The molecule has 0 saturated carbocycles. The van der Waals surface area contributed by atoms with Crippen LogP contribution in [0.1, 0.15) is 6.42 Å². The smallest absolute Gasteiger partial charge is 0.329 e. The molecule has 1 aliphatic heterocycles. The van der Waals surface area contributed by atoms with Crippen molar-refractivity contribution >= 4 is 0 Å². The highest BCUT2D eigenvalue weighted by molar-refractivity contribution is 4.80. The maximum atomic E-state index is 12.1. The van der Waals surface area contributed by atoms with Crippen LogP contribution in [-0.4, -0.2) is 37.3 Å². The van der Waals surface area contributed by atoms with E-state index in [-0.39, 0.29) is 13.0 Å². The van der Waals surface area contributed by atoms with Crippen molar-refractivity contribution in [1.82, 2.24) is 4.90 Å². The molecule has 2 nitrogen and oxygen atoms in total. The fourth-order valence-electron chi connectivity index (χ4n) is 1.49. The van der Waals surface area contributed by atoms with Crippen molar-refractivity contribution in [2.24, 2.45) is 11.7 Å². The summed E-state index contributed by atoms with van der Waals surface area (Å²) < 4.78 is 36.3. The third-order valence-corrected chi connectivity index (χ3v) is 2.18. The molecule has 5 heteroatoms. The Kier molecular flexibility index (Phi) is 2.95. The first kappa shape index (κ1) is 9.80. The Morgan fingerprint density at radius 3 is 2.50 bits per heavy atom. The maximum Gasteiger partial charge on any atom is 0.393 e. The topological polar surface area (TPSA) is 29.3 Å². The van der Waals surface area contributed by atoms with Crippen molar-refractivity contribution in [2.45, 2.75) is 12.6 Å². The highest BCUT2D eigenvalue weighted by Gasteiger charge is 2.43. The molecule has 1 rings (SSSR count). The van der Waals surface area contributed by atoms with Gasteiger partial charge in [0.1, 0.15) is 0 Å². The molecule has 1 heterocycles. The van der Waals surface area contributed by atoms with Crippen molar-refractivity contribution < 1.29 is 13.2 Å². The zero-order valence-corrected chi connectivity index (χ0v) is 6.77. The van der Waals surface area contributed by atoms with Crippen molar-refractivity contribution in [3.05, 3.63) is 0 Å². The van der Waals surface area contributed by atoms with Gasteiger partial charge in [0.15, 0.2) is 0 Å². The predicted molar refractivity (Wildman–Crippen MR) is 39.7 cm³/mol. The lowest BCUT2D eigenvalue weighted by atomic mass is 10.1. The number of hydrogen-bond acceptors (Lipinski definition) is 2. The summed E-state index contributed by atoms with van der Waals surface area (Å²) in [5, 5.41) is 0. The molecule has 0 spiro atoms. The second kappa shape index (κ2) is 3.62. The zero-order chi connectivity index (χ0) is 9.19. The third kappa shape index (κ3) is 2.35. The van der Waals surface area contributed by atoms with Crippen LogP contribution in [0.25, 0.3) is 0 Å². The van der Waals surface area contributed by atoms with E-state index < -0.39 is 12.1 Å². The van der Waals surface area contributed by atoms with E-state index >= 15 is 0 Å². The van der Waals surface area contributed by atoms with Gasteiger partial charge in [-0.15, -0.1) is 0 Å². The van der Waals surface area contributed by atoms with E-state index in [1.165, 1.54) is 0 Å². The van der Waals surface area contributed by atoms with Gasteiger partial charge in [0.2, 0.25) is 0 Å². The van der Waals surface area contributed by atoms with Gasteiger partial charge in [-0.3, -0.25) is 0 Å². The van der Waals surface area contributed by atoms with Gasteiger partial charge in [0.05, 0.1) is 5.92 Å². The molecule has 1 atom stereocenters. The number of rotatable bonds is 2. The van der Waals surface area contributed by atoms with Gasteiger partial charge in [-0.2, -0.15) is 13.2 Å².